The topological polar surface area (TPSA) is 51.8 Å². The highest BCUT2D eigenvalue weighted by Gasteiger charge is 2.14. The molecule has 17 heavy (non-hydrogen) atoms. The minimum Gasteiger partial charge on any atom is -0.322 e. The molecule has 0 aliphatic heterocycles. The second kappa shape index (κ2) is 4.89. The molecular weight excluding hydrogens is 237 g/mol. The van der Waals surface area contributed by atoms with Gasteiger partial charge in [0.2, 0.25) is 0 Å². The average Bonchev–Trinajstić information content (AvgIpc) is 2.80. The van der Waals surface area contributed by atoms with Gasteiger partial charge in [-0.25, -0.2) is 4.39 Å². The smallest absolute Gasteiger partial charge is 0.150 e. The van der Waals surface area contributed by atoms with E-state index in [-0.39, 0.29) is 11.9 Å². The van der Waals surface area contributed by atoms with Gasteiger partial charge in [-0.2, -0.15) is 0 Å². The van der Waals surface area contributed by atoms with Gasteiger partial charge in [0.15, 0.2) is 5.01 Å². The third kappa shape index (κ3) is 2.50. The monoisotopic (exact) mass is 251 g/mol. The molecule has 2 aromatic rings. The highest BCUT2D eigenvalue weighted by Crippen LogP contribution is 2.29. The predicted molar refractivity (Wildman–Crippen MR) is 67.3 cm³/mol. The van der Waals surface area contributed by atoms with Crippen molar-refractivity contribution >= 4 is 11.3 Å². The van der Waals surface area contributed by atoms with Crippen LogP contribution in [0, 0.1) is 12.7 Å². The maximum absolute atomic E-state index is 13.7. The lowest BCUT2D eigenvalue weighted by Crippen LogP contribution is -2.07. The van der Waals surface area contributed by atoms with Gasteiger partial charge in [0, 0.05) is 5.56 Å². The minimum absolute atomic E-state index is 0.117. The Hall–Kier alpha value is -1.33. The van der Waals surface area contributed by atoms with E-state index >= 15 is 0 Å². The lowest BCUT2D eigenvalue weighted by atomic mass is 10.1. The number of hydrogen-bond acceptors (Lipinski definition) is 4. The molecule has 0 fully saturated rings. The molecule has 0 amide bonds. The average molecular weight is 251 g/mol. The van der Waals surface area contributed by atoms with Gasteiger partial charge in [0.1, 0.15) is 10.8 Å². The summed E-state index contributed by atoms with van der Waals surface area (Å²) in [5, 5.41) is 9.36. The maximum Gasteiger partial charge on any atom is 0.150 e. The van der Waals surface area contributed by atoms with E-state index in [4.69, 9.17) is 5.73 Å². The van der Waals surface area contributed by atoms with Crippen molar-refractivity contribution < 1.29 is 4.39 Å². The van der Waals surface area contributed by atoms with Crippen LogP contribution in [-0.2, 0) is 0 Å². The third-order valence-electron chi connectivity index (χ3n) is 2.55. The fourth-order valence-corrected chi connectivity index (χ4v) is 2.42. The van der Waals surface area contributed by atoms with Crippen LogP contribution in [0.25, 0.3) is 10.6 Å². The van der Waals surface area contributed by atoms with Gasteiger partial charge in [0.25, 0.3) is 0 Å². The van der Waals surface area contributed by atoms with Crippen LogP contribution >= 0.6 is 11.3 Å². The van der Waals surface area contributed by atoms with E-state index in [9.17, 15) is 4.39 Å². The molecule has 1 aromatic heterocycles. The highest BCUT2D eigenvalue weighted by atomic mass is 32.1. The molecule has 0 saturated heterocycles. The number of benzene rings is 1. The zero-order valence-electron chi connectivity index (χ0n) is 9.77. The van der Waals surface area contributed by atoms with E-state index in [2.05, 4.69) is 10.2 Å². The van der Waals surface area contributed by atoms with Crippen LogP contribution in [0.1, 0.15) is 30.0 Å². The highest BCUT2D eigenvalue weighted by molar-refractivity contribution is 7.14. The zero-order valence-corrected chi connectivity index (χ0v) is 10.6. The van der Waals surface area contributed by atoms with Crippen LogP contribution in [0.2, 0.25) is 0 Å². The Morgan fingerprint density at radius 2 is 2.18 bits per heavy atom. The molecule has 0 saturated carbocycles. The lowest BCUT2D eigenvalue weighted by molar-refractivity contribution is 0.630. The van der Waals surface area contributed by atoms with Gasteiger partial charge in [-0.1, -0.05) is 29.9 Å². The van der Waals surface area contributed by atoms with E-state index in [0.717, 1.165) is 17.0 Å². The first-order chi connectivity index (χ1) is 8.11. The Balaban J connectivity index is 2.40. The molecule has 0 radical (unpaired) electrons. The Kier molecular flexibility index (Phi) is 3.49. The summed E-state index contributed by atoms with van der Waals surface area (Å²) in [7, 11) is 0. The van der Waals surface area contributed by atoms with Crippen LogP contribution in [0.4, 0.5) is 4.39 Å². The van der Waals surface area contributed by atoms with Crippen LogP contribution in [-0.4, -0.2) is 10.2 Å². The summed E-state index contributed by atoms with van der Waals surface area (Å²) in [6, 6.07) is 4.84. The van der Waals surface area contributed by atoms with Crippen LogP contribution in [0.3, 0.4) is 0 Å². The first-order valence-electron chi connectivity index (χ1n) is 5.47. The molecular formula is C12H14FN3S. The van der Waals surface area contributed by atoms with Crippen molar-refractivity contribution in [2.24, 2.45) is 5.73 Å². The Bertz CT molecular complexity index is 524. The summed E-state index contributed by atoms with van der Waals surface area (Å²) in [5.74, 6) is -0.275. The summed E-state index contributed by atoms with van der Waals surface area (Å²) < 4.78 is 13.7. The summed E-state index contributed by atoms with van der Waals surface area (Å²) >= 11 is 1.35. The van der Waals surface area contributed by atoms with E-state index in [0.29, 0.717) is 10.6 Å². The molecule has 2 N–H and O–H groups in total. The van der Waals surface area contributed by atoms with Crippen molar-refractivity contribution in [3.8, 4) is 10.6 Å². The molecule has 1 unspecified atom stereocenters. The van der Waals surface area contributed by atoms with Crippen molar-refractivity contribution in [2.45, 2.75) is 26.3 Å². The maximum atomic E-state index is 13.7. The quantitative estimate of drug-likeness (QED) is 0.912. The minimum atomic E-state index is -0.275. The SMILES string of the molecule is CCC(N)c1nnc(-c2cc(C)ccc2F)s1. The Morgan fingerprint density at radius 3 is 2.88 bits per heavy atom. The van der Waals surface area contributed by atoms with Gasteiger partial charge >= 0.3 is 0 Å². The molecule has 0 aliphatic carbocycles. The first-order valence-corrected chi connectivity index (χ1v) is 6.29. The van der Waals surface area contributed by atoms with Crippen LogP contribution < -0.4 is 5.73 Å². The number of rotatable bonds is 3. The number of nitrogens with two attached hydrogens (primary N) is 1. The fourth-order valence-electron chi connectivity index (χ4n) is 1.47. The molecule has 1 atom stereocenters. The van der Waals surface area contributed by atoms with E-state index in [1.807, 2.05) is 13.8 Å². The van der Waals surface area contributed by atoms with Gasteiger partial charge < -0.3 is 5.73 Å². The number of hydrogen-bond donors (Lipinski definition) is 1. The van der Waals surface area contributed by atoms with E-state index in [1.54, 1.807) is 12.1 Å². The largest absolute Gasteiger partial charge is 0.322 e. The Labute approximate surface area is 104 Å². The third-order valence-corrected chi connectivity index (χ3v) is 3.64. The van der Waals surface area contributed by atoms with Crippen molar-refractivity contribution in [1.82, 2.24) is 10.2 Å². The van der Waals surface area contributed by atoms with Crippen molar-refractivity contribution in [2.75, 3.05) is 0 Å². The standard InChI is InChI=1S/C12H14FN3S/c1-3-10(14)12-16-15-11(17-12)8-6-7(2)4-5-9(8)13/h4-6,10H,3,14H2,1-2H3. The molecule has 0 bridgehead atoms. The normalized spacial score (nSPS) is 12.7. The molecule has 90 valence electrons. The van der Waals surface area contributed by atoms with E-state index < -0.39 is 0 Å². The molecule has 0 aliphatic rings. The van der Waals surface area contributed by atoms with Gasteiger partial charge in [-0.15, -0.1) is 10.2 Å². The Morgan fingerprint density at radius 1 is 1.41 bits per heavy atom. The molecule has 2 rings (SSSR count). The molecule has 1 heterocycles. The summed E-state index contributed by atoms with van der Waals surface area (Å²) in [4.78, 5) is 0. The summed E-state index contributed by atoms with van der Waals surface area (Å²) in [6.07, 6.45) is 0.797. The number of aromatic nitrogens is 2. The van der Waals surface area contributed by atoms with Gasteiger partial charge in [0.05, 0.1) is 6.04 Å². The van der Waals surface area contributed by atoms with Crippen LogP contribution in [0.15, 0.2) is 18.2 Å². The fraction of sp³-hybridized carbons (Fsp3) is 0.333. The predicted octanol–water partition coefficient (Wildman–Crippen LogP) is 3.06. The van der Waals surface area contributed by atoms with Crippen molar-refractivity contribution in [3.63, 3.8) is 0 Å². The van der Waals surface area contributed by atoms with Crippen LogP contribution in [0.5, 0.6) is 0 Å². The molecule has 1 aromatic carbocycles. The number of halogens is 1. The van der Waals surface area contributed by atoms with Gasteiger partial charge in [-0.3, -0.25) is 0 Å². The second-order valence-electron chi connectivity index (χ2n) is 3.94. The molecule has 0 spiro atoms. The molecule has 3 nitrogen and oxygen atoms in total. The second-order valence-corrected chi connectivity index (χ2v) is 4.95. The molecule has 5 heteroatoms. The van der Waals surface area contributed by atoms with Crippen molar-refractivity contribution in [3.05, 3.63) is 34.6 Å². The summed E-state index contributed by atoms with van der Waals surface area (Å²) in [6.45, 7) is 3.90. The van der Waals surface area contributed by atoms with Crippen molar-refractivity contribution in [1.29, 1.82) is 0 Å². The first kappa shape index (κ1) is 12.1. The number of nitrogens with zero attached hydrogens (tertiary/aromatic N) is 2. The van der Waals surface area contributed by atoms with Gasteiger partial charge in [-0.05, 0) is 25.5 Å². The summed E-state index contributed by atoms with van der Waals surface area (Å²) in [5.41, 5.74) is 7.36. The zero-order chi connectivity index (χ0) is 12.4. The lowest BCUT2D eigenvalue weighted by Gasteiger charge is -2.01. The van der Waals surface area contributed by atoms with E-state index in [1.165, 1.54) is 17.4 Å². The number of aryl methyl sites for hydroxylation is 1.